The summed E-state index contributed by atoms with van der Waals surface area (Å²) in [7, 11) is 3.31. The van der Waals surface area contributed by atoms with Crippen molar-refractivity contribution in [3.63, 3.8) is 0 Å². The van der Waals surface area contributed by atoms with Crippen LogP contribution in [0, 0.1) is 0 Å². The van der Waals surface area contributed by atoms with Crippen molar-refractivity contribution in [3.8, 4) is 11.5 Å². The van der Waals surface area contributed by atoms with Crippen LogP contribution >= 0.6 is 0 Å². The smallest absolute Gasteiger partial charge is 0.144 e. The third-order valence-electron chi connectivity index (χ3n) is 2.88. The summed E-state index contributed by atoms with van der Waals surface area (Å²) in [5, 5.41) is 0. The number of methoxy groups -OCH3 is 2. The molecule has 0 saturated carbocycles. The van der Waals surface area contributed by atoms with Crippen LogP contribution in [0.2, 0.25) is 0 Å². The fraction of sp³-hybridized carbons (Fsp3) is 0.188. The lowest BCUT2D eigenvalue weighted by Gasteiger charge is -2.06. The predicted molar refractivity (Wildman–Crippen MR) is 77.9 cm³/mol. The summed E-state index contributed by atoms with van der Waals surface area (Å²) < 4.78 is 10.4. The first-order chi connectivity index (χ1) is 9.24. The Morgan fingerprint density at radius 1 is 0.895 bits per heavy atom. The van der Waals surface area contributed by atoms with Crippen LogP contribution < -0.4 is 9.47 Å². The predicted octanol–water partition coefficient (Wildman–Crippen LogP) is 3.84. The first kappa shape index (κ1) is 13.1. The molecule has 3 heteroatoms. The zero-order valence-corrected chi connectivity index (χ0v) is 11.4. The summed E-state index contributed by atoms with van der Waals surface area (Å²) in [6.07, 6.45) is 0. The molecule has 0 saturated heterocycles. The Bertz CT molecular complexity index is 574. The Balaban J connectivity index is 2.31. The highest BCUT2D eigenvalue weighted by Gasteiger charge is 2.02. The molecule has 0 N–H and O–H groups in total. The minimum Gasteiger partial charge on any atom is -0.497 e. The van der Waals surface area contributed by atoms with Crippen LogP contribution in [0.3, 0.4) is 0 Å². The van der Waals surface area contributed by atoms with Gasteiger partial charge in [-0.3, -0.25) is 0 Å². The molecular weight excluding hydrogens is 238 g/mol. The lowest BCUT2D eigenvalue weighted by Crippen LogP contribution is -1.94. The Labute approximate surface area is 113 Å². The van der Waals surface area contributed by atoms with Crippen LogP contribution in [0.5, 0.6) is 11.5 Å². The molecule has 19 heavy (non-hydrogen) atoms. The zero-order valence-electron chi connectivity index (χ0n) is 11.4. The van der Waals surface area contributed by atoms with Crippen LogP contribution in [0.1, 0.15) is 12.5 Å². The third-order valence-corrected chi connectivity index (χ3v) is 2.88. The molecular formula is C16H17NO2. The first-order valence-electron chi connectivity index (χ1n) is 6.07. The minimum atomic E-state index is 0.773. The molecule has 2 aromatic carbocycles. The van der Waals surface area contributed by atoms with E-state index in [-0.39, 0.29) is 0 Å². The minimum absolute atomic E-state index is 0.773. The van der Waals surface area contributed by atoms with Gasteiger partial charge in [-0.1, -0.05) is 12.1 Å². The van der Waals surface area contributed by atoms with Crippen LogP contribution in [0.4, 0.5) is 5.69 Å². The molecule has 0 aliphatic rings. The van der Waals surface area contributed by atoms with Crippen molar-refractivity contribution in [2.45, 2.75) is 6.92 Å². The standard InChI is InChI=1S/C16H17NO2/c1-12(13-8-10-14(18-2)11-9-13)17-15-6-4-5-7-16(15)19-3/h4-11H,1-3H3. The van der Waals surface area contributed by atoms with E-state index in [0.717, 1.165) is 28.5 Å². The van der Waals surface area contributed by atoms with Gasteiger partial charge in [0.2, 0.25) is 0 Å². The summed E-state index contributed by atoms with van der Waals surface area (Å²) in [5.74, 6) is 1.62. The fourth-order valence-corrected chi connectivity index (χ4v) is 1.80. The van der Waals surface area contributed by atoms with E-state index >= 15 is 0 Å². The summed E-state index contributed by atoms with van der Waals surface area (Å²) in [4.78, 5) is 4.61. The van der Waals surface area contributed by atoms with Crippen molar-refractivity contribution < 1.29 is 9.47 Å². The second-order valence-corrected chi connectivity index (χ2v) is 4.10. The summed E-state index contributed by atoms with van der Waals surface area (Å²) in [6, 6.07) is 15.6. The highest BCUT2D eigenvalue weighted by atomic mass is 16.5. The van der Waals surface area contributed by atoms with E-state index in [1.807, 2.05) is 55.5 Å². The van der Waals surface area contributed by atoms with Gasteiger partial charge in [0.15, 0.2) is 0 Å². The van der Waals surface area contributed by atoms with Gasteiger partial charge in [0.05, 0.1) is 14.2 Å². The number of nitrogens with zero attached hydrogens (tertiary/aromatic N) is 1. The van der Waals surface area contributed by atoms with Crippen molar-refractivity contribution in [2.24, 2.45) is 4.99 Å². The van der Waals surface area contributed by atoms with Crippen LogP contribution in [-0.4, -0.2) is 19.9 Å². The van der Waals surface area contributed by atoms with Crippen molar-refractivity contribution >= 4 is 11.4 Å². The van der Waals surface area contributed by atoms with Crippen LogP contribution in [0.15, 0.2) is 53.5 Å². The third kappa shape index (κ3) is 3.13. The molecule has 0 atom stereocenters. The molecule has 0 spiro atoms. The Morgan fingerprint density at radius 2 is 1.58 bits per heavy atom. The number of hydrogen-bond donors (Lipinski definition) is 0. The van der Waals surface area contributed by atoms with Gasteiger partial charge in [-0.05, 0) is 48.9 Å². The van der Waals surface area contributed by atoms with E-state index in [2.05, 4.69) is 4.99 Å². The number of para-hydroxylation sites is 2. The number of aliphatic imine (C=N–C) groups is 1. The quantitative estimate of drug-likeness (QED) is 0.777. The number of hydrogen-bond acceptors (Lipinski definition) is 3. The average molecular weight is 255 g/mol. The van der Waals surface area contributed by atoms with Gasteiger partial charge in [0.25, 0.3) is 0 Å². The monoisotopic (exact) mass is 255 g/mol. The molecule has 2 rings (SSSR count). The van der Waals surface area contributed by atoms with E-state index in [1.165, 1.54) is 0 Å². The topological polar surface area (TPSA) is 30.8 Å². The van der Waals surface area contributed by atoms with Gasteiger partial charge in [-0.15, -0.1) is 0 Å². The number of benzene rings is 2. The molecule has 0 fully saturated rings. The van der Waals surface area contributed by atoms with Gasteiger partial charge in [0, 0.05) is 5.71 Å². The lowest BCUT2D eigenvalue weighted by atomic mass is 10.1. The molecule has 0 aliphatic heterocycles. The summed E-state index contributed by atoms with van der Waals surface area (Å²) >= 11 is 0. The normalized spacial score (nSPS) is 11.2. The second kappa shape index (κ2) is 6.05. The van der Waals surface area contributed by atoms with Crippen LogP contribution in [-0.2, 0) is 0 Å². The van der Waals surface area contributed by atoms with E-state index in [1.54, 1.807) is 14.2 Å². The van der Waals surface area contributed by atoms with Gasteiger partial charge in [-0.2, -0.15) is 0 Å². The Kier molecular flexibility index (Phi) is 4.18. The van der Waals surface area contributed by atoms with Crippen molar-refractivity contribution in [2.75, 3.05) is 14.2 Å². The van der Waals surface area contributed by atoms with Crippen molar-refractivity contribution in [1.82, 2.24) is 0 Å². The SMILES string of the molecule is COc1ccc(C(C)=Nc2ccccc2OC)cc1. The molecule has 0 heterocycles. The fourth-order valence-electron chi connectivity index (χ4n) is 1.80. The maximum atomic E-state index is 5.29. The van der Waals surface area contributed by atoms with Crippen LogP contribution in [0.25, 0.3) is 0 Å². The lowest BCUT2D eigenvalue weighted by molar-refractivity contribution is 0.415. The molecule has 0 radical (unpaired) electrons. The molecule has 0 bridgehead atoms. The number of rotatable bonds is 4. The molecule has 3 nitrogen and oxygen atoms in total. The van der Waals surface area contributed by atoms with Crippen molar-refractivity contribution in [3.05, 3.63) is 54.1 Å². The van der Waals surface area contributed by atoms with Gasteiger partial charge in [-0.25, -0.2) is 4.99 Å². The molecule has 2 aromatic rings. The highest BCUT2D eigenvalue weighted by Crippen LogP contribution is 2.27. The Hall–Kier alpha value is -2.29. The van der Waals surface area contributed by atoms with E-state index < -0.39 is 0 Å². The second-order valence-electron chi connectivity index (χ2n) is 4.10. The number of ether oxygens (including phenoxy) is 2. The average Bonchev–Trinajstić information content (AvgIpc) is 2.48. The summed E-state index contributed by atoms with van der Waals surface area (Å²) in [5.41, 5.74) is 2.83. The maximum absolute atomic E-state index is 5.29. The Morgan fingerprint density at radius 3 is 2.21 bits per heavy atom. The zero-order chi connectivity index (χ0) is 13.7. The van der Waals surface area contributed by atoms with E-state index in [0.29, 0.717) is 0 Å². The van der Waals surface area contributed by atoms with Crippen molar-refractivity contribution in [1.29, 1.82) is 0 Å². The molecule has 98 valence electrons. The van der Waals surface area contributed by atoms with Gasteiger partial charge < -0.3 is 9.47 Å². The molecule has 0 aliphatic carbocycles. The largest absolute Gasteiger partial charge is 0.497 e. The first-order valence-corrected chi connectivity index (χ1v) is 6.07. The van der Waals surface area contributed by atoms with Gasteiger partial charge >= 0.3 is 0 Å². The molecule has 0 aromatic heterocycles. The highest BCUT2D eigenvalue weighted by molar-refractivity contribution is 6.00. The van der Waals surface area contributed by atoms with E-state index in [4.69, 9.17) is 9.47 Å². The summed E-state index contributed by atoms with van der Waals surface area (Å²) in [6.45, 7) is 1.98. The molecule has 0 amide bonds. The van der Waals surface area contributed by atoms with Gasteiger partial charge in [0.1, 0.15) is 17.2 Å². The van der Waals surface area contributed by atoms with E-state index in [9.17, 15) is 0 Å². The molecule has 0 unspecified atom stereocenters. The maximum Gasteiger partial charge on any atom is 0.144 e.